The third-order valence-electron chi connectivity index (χ3n) is 3.01. The number of hydrogen-bond donors (Lipinski definition) is 0. The predicted molar refractivity (Wildman–Crippen MR) is 89.6 cm³/mol. The van der Waals surface area contributed by atoms with Crippen LogP contribution in [-0.2, 0) is 9.57 Å². The quantitative estimate of drug-likeness (QED) is 0.344. The van der Waals surface area contributed by atoms with Crippen molar-refractivity contribution in [1.82, 2.24) is 0 Å². The molecule has 0 amide bonds. The van der Waals surface area contributed by atoms with Crippen molar-refractivity contribution in [3.05, 3.63) is 63.7 Å². The van der Waals surface area contributed by atoms with Crippen LogP contribution in [0, 0.1) is 10.1 Å². The van der Waals surface area contributed by atoms with E-state index in [9.17, 15) is 14.9 Å². The van der Waals surface area contributed by atoms with E-state index < -0.39 is 10.9 Å². The van der Waals surface area contributed by atoms with Crippen LogP contribution in [0.4, 0.5) is 5.69 Å². The van der Waals surface area contributed by atoms with Crippen LogP contribution in [0.3, 0.4) is 0 Å². The molecule has 0 fully saturated rings. The van der Waals surface area contributed by atoms with Crippen molar-refractivity contribution in [3.63, 3.8) is 0 Å². The lowest BCUT2D eigenvalue weighted by molar-refractivity contribution is -0.384. The maximum Gasteiger partial charge on any atom is 0.339 e. The van der Waals surface area contributed by atoms with Crippen LogP contribution >= 0.6 is 11.8 Å². The number of nitrogens with zero attached hydrogens (tertiary/aromatic N) is 2. The fourth-order valence-electron chi connectivity index (χ4n) is 1.91. The summed E-state index contributed by atoms with van der Waals surface area (Å²) >= 11 is 1.29. The van der Waals surface area contributed by atoms with E-state index in [1.165, 1.54) is 44.3 Å². The van der Waals surface area contributed by atoms with E-state index in [0.29, 0.717) is 20.9 Å². The van der Waals surface area contributed by atoms with Gasteiger partial charge in [0.05, 0.1) is 23.8 Å². The maximum absolute atomic E-state index is 11.9. The highest BCUT2D eigenvalue weighted by Gasteiger charge is 2.15. The molecule has 124 valence electrons. The van der Waals surface area contributed by atoms with Crippen molar-refractivity contribution in [2.45, 2.75) is 9.79 Å². The van der Waals surface area contributed by atoms with Gasteiger partial charge in [0.2, 0.25) is 0 Å². The molecule has 2 aromatic carbocycles. The lowest BCUT2D eigenvalue weighted by Gasteiger charge is -2.09. The number of esters is 1. The number of carbonyl (C=O) groups is 1. The van der Waals surface area contributed by atoms with E-state index >= 15 is 0 Å². The van der Waals surface area contributed by atoms with E-state index in [1.54, 1.807) is 30.3 Å². The molecule has 2 aromatic rings. The Morgan fingerprint density at radius 1 is 1.21 bits per heavy atom. The smallest absolute Gasteiger partial charge is 0.339 e. The molecule has 0 heterocycles. The number of hydrogen-bond acceptors (Lipinski definition) is 7. The fourth-order valence-corrected chi connectivity index (χ4v) is 2.92. The molecule has 0 radical (unpaired) electrons. The molecule has 24 heavy (non-hydrogen) atoms. The molecule has 0 N–H and O–H groups in total. The van der Waals surface area contributed by atoms with Crippen LogP contribution < -0.4 is 0 Å². The summed E-state index contributed by atoms with van der Waals surface area (Å²) in [5, 5.41) is 14.6. The number of ether oxygens (including phenoxy) is 1. The number of non-ortho nitro benzene ring substituents is 1. The molecular weight excluding hydrogens is 332 g/mol. The Bertz CT molecular complexity index is 792. The van der Waals surface area contributed by atoms with Gasteiger partial charge in [0.1, 0.15) is 7.11 Å². The second-order valence-corrected chi connectivity index (χ2v) is 5.57. The first-order chi connectivity index (χ1) is 11.6. The van der Waals surface area contributed by atoms with Crippen molar-refractivity contribution >= 4 is 29.6 Å². The maximum atomic E-state index is 11.9. The summed E-state index contributed by atoms with van der Waals surface area (Å²) in [7, 11) is 2.69. The first-order valence-electron chi connectivity index (χ1n) is 6.77. The van der Waals surface area contributed by atoms with Gasteiger partial charge in [0.25, 0.3) is 5.69 Å². The minimum absolute atomic E-state index is 0.0573. The first kappa shape index (κ1) is 17.5. The van der Waals surface area contributed by atoms with Gasteiger partial charge in [-0.05, 0) is 18.2 Å². The van der Waals surface area contributed by atoms with Crippen LogP contribution in [0.2, 0.25) is 0 Å². The summed E-state index contributed by atoms with van der Waals surface area (Å²) in [4.78, 5) is 28.3. The van der Waals surface area contributed by atoms with Gasteiger partial charge in [-0.3, -0.25) is 10.1 Å². The minimum atomic E-state index is -0.485. The zero-order chi connectivity index (χ0) is 17.5. The summed E-state index contributed by atoms with van der Waals surface area (Å²) in [5.41, 5.74) is 0.867. The van der Waals surface area contributed by atoms with Crippen LogP contribution in [0.5, 0.6) is 0 Å². The van der Waals surface area contributed by atoms with Crippen LogP contribution in [0.15, 0.2) is 57.4 Å². The highest BCUT2D eigenvalue weighted by atomic mass is 32.2. The van der Waals surface area contributed by atoms with Crippen LogP contribution in [-0.4, -0.2) is 31.3 Å². The molecule has 0 saturated heterocycles. The highest BCUT2D eigenvalue weighted by molar-refractivity contribution is 7.99. The van der Waals surface area contributed by atoms with Gasteiger partial charge in [0.15, 0.2) is 0 Å². The standard InChI is InChI=1S/C16H14N2O5S/c1-22-16(19)13-5-3-4-6-15(13)24-14-8-7-12(18(20)21)9-11(14)10-17-23-2/h3-10H,1-2H3/b17-10+. The van der Waals surface area contributed by atoms with E-state index in [4.69, 9.17) is 4.74 Å². The van der Waals surface area contributed by atoms with Gasteiger partial charge in [-0.1, -0.05) is 29.1 Å². The molecule has 8 heteroatoms. The highest BCUT2D eigenvalue weighted by Crippen LogP contribution is 2.34. The molecule has 7 nitrogen and oxygen atoms in total. The summed E-state index contributed by atoms with van der Waals surface area (Å²) in [6.45, 7) is 0. The molecule has 0 bridgehead atoms. The van der Waals surface area contributed by atoms with Crippen LogP contribution in [0.25, 0.3) is 0 Å². The van der Waals surface area contributed by atoms with Gasteiger partial charge in [-0.25, -0.2) is 4.79 Å². The molecule has 0 aliphatic rings. The largest absolute Gasteiger partial charge is 0.465 e. The number of rotatable bonds is 6. The number of benzene rings is 2. The van der Waals surface area contributed by atoms with E-state index in [0.717, 1.165) is 0 Å². The van der Waals surface area contributed by atoms with E-state index in [1.807, 2.05) is 0 Å². The van der Waals surface area contributed by atoms with Crippen molar-refractivity contribution in [2.75, 3.05) is 14.2 Å². The summed E-state index contributed by atoms with van der Waals surface area (Å²) in [6, 6.07) is 11.4. The van der Waals surface area contributed by atoms with Gasteiger partial charge in [-0.2, -0.15) is 0 Å². The molecule has 0 aromatic heterocycles. The van der Waals surface area contributed by atoms with Gasteiger partial charge in [-0.15, -0.1) is 0 Å². The third kappa shape index (κ3) is 4.11. The van der Waals surface area contributed by atoms with Crippen molar-refractivity contribution in [3.8, 4) is 0 Å². The SMILES string of the molecule is CO/N=C/c1cc([N+](=O)[O-])ccc1Sc1ccccc1C(=O)OC. The normalized spacial score (nSPS) is 10.6. The van der Waals surface area contributed by atoms with E-state index in [2.05, 4.69) is 9.99 Å². The first-order valence-corrected chi connectivity index (χ1v) is 7.58. The Balaban J connectivity index is 2.44. The van der Waals surface area contributed by atoms with Crippen molar-refractivity contribution in [1.29, 1.82) is 0 Å². The number of nitro groups is 1. The molecular formula is C16H14N2O5S. The van der Waals surface area contributed by atoms with Gasteiger partial charge >= 0.3 is 5.97 Å². The Labute approximate surface area is 142 Å². The number of nitro benzene ring substituents is 1. The Morgan fingerprint density at radius 3 is 2.62 bits per heavy atom. The molecule has 0 unspecified atom stereocenters. The van der Waals surface area contributed by atoms with E-state index in [-0.39, 0.29) is 5.69 Å². The Morgan fingerprint density at radius 2 is 1.96 bits per heavy atom. The average molecular weight is 346 g/mol. The lowest BCUT2D eigenvalue weighted by Crippen LogP contribution is -2.03. The summed E-state index contributed by atoms with van der Waals surface area (Å²) in [5.74, 6) is -0.452. The predicted octanol–water partition coefficient (Wildman–Crippen LogP) is 3.51. The van der Waals surface area contributed by atoms with Gasteiger partial charge in [0, 0.05) is 27.5 Å². The van der Waals surface area contributed by atoms with Crippen LogP contribution in [0.1, 0.15) is 15.9 Å². The molecule has 0 aliphatic heterocycles. The molecule has 0 spiro atoms. The third-order valence-corrected chi connectivity index (χ3v) is 4.18. The Hall–Kier alpha value is -2.87. The summed E-state index contributed by atoms with van der Waals surface area (Å²) < 4.78 is 4.77. The van der Waals surface area contributed by atoms with Gasteiger partial charge < -0.3 is 9.57 Å². The molecule has 0 aliphatic carbocycles. The number of carbonyl (C=O) groups excluding carboxylic acids is 1. The molecule has 0 atom stereocenters. The zero-order valence-corrected chi connectivity index (χ0v) is 13.8. The number of methoxy groups -OCH3 is 1. The average Bonchev–Trinajstić information content (AvgIpc) is 2.60. The Kier molecular flexibility index (Phi) is 5.91. The molecule has 0 saturated carbocycles. The minimum Gasteiger partial charge on any atom is -0.465 e. The zero-order valence-electron chi connectivity index (χ0n) is 13.0. The second-order valence-electron chi connectivity index (χ2n) is 4.49. The monoisotopic (exact) mass is 346 g/mol. The van der Waals surface area contributed by atoms with Crippen molar-refractivity contribution < 1.29 is 19.3 Å². The fraction of sp³-hybridized carbons (Fsp3) is 0.125. The topological polar surface area (TPSA) is 91.0 Å². The number of oxime groups is 1. The summed E-state index contributed by atoms with van der Waals surface area (Å²) in [6.07, 6.45) is 1.39. The molecule has 2 rings (SSSR count). The van der Waals surface area contributed by atoms with Crippen molar-refractivity contribution in [2.24, 2.45) is 5.16 Å². The second kappa shape index (κ2) is 8.11. The lowest BCUT2D eigenvalue weighted by atomic mass is 10.2.